The summed E-state index contributed by atoms with van der Waals surface area (Å²) in [5.41, 5.74) is 3.67. The number of ether oxygens (including phenoxy) is 1. The SMILES string of the molecule is CCn1cc([C@@H]2CN(c3cc4nc(C)ccc4c(-c4ccc(Cl)cc4F)n3)CCO2)cn1. The van der Waals surface area contributed by atoms with Gasteiger partial charge in [0, 0.05) is 59.1 Å². The van der Waals surface area contributed by atoms with Crippen LogP contribution in [0.1, 0.15) is 24.3 Å². The Morgan fingerprint density at radius 1 is 1.19 bits per heavy atom. The number of pyridine rings is 2. The molecule has 0 N–H and O–H groups in total. The van der Waals surface area contributed by atoms with E-state index in [-0.39, 0.29) is 6.10 Å². The number of nitrogens with zero attached hydrogens (tertiary/aromatic N) is 5. The highest BCUT2D eigenvalue weighted by Crippen LogP contribution is 2.34. The molecular weight excluding hydrogens is 429 g/mol. The Morgan fingerprint density at radius 2 is 2.06 bits per heavy atom. The van der Waals surface area contributed by atoms with E-state index in [2.05, 4.69) is 16.9 Å². The fraction of sp³-hybridized carbons (Fsp3) is 0.292. The Bertz CT molecular complexity index is 1290. The lowest BCUT2D eigenvalue weighted by atomic mass is 10.0. The molecular formula is C24H23ClFN5O. The number of halogens is 2. The first-order valence-corrected chi connectivity index (χ1v) is 11.0. The third kappa shape index (κ3) is 3.94. The minimum absolute atomic E-state index is 0.109. The topological polar surface area (TPSA) is 56.1 Å². The summed E-state index contributed by atoms with van der Waals surface area (Å²) >= 11 is 5.98. The van der Waals surface area contributed by atoms with Gasteiger partial charge in [-0.1, -0.05) is 11.6 Å². The minimum atomic E-state index is -0.407. The number of aryl methyl sites for hydroxylation is 2. The molecule has 1 saturated heterocycles. The van der Waals surface area contributed by atoms with Crippen LogP contribution in [0.5, 0.6) is 0 Å². The van der Waals surface area contributed by atoms with Gasteiger partial charge in [-0.2, -0.15) is 5.10 Å². The number of anilines is 1. The molecule has 32 heavy (non-hydrogen) atoms. The Balaban J connectivity index is 1.57. The van der Waals surface area contributed by atoms with Gasteiger partial charge in [-0.3, -0.25) is 9.67 Å². The Labute approximate surface area is 190 Å². The van der Waals surface area contributed by atoms with Crippen LogP contribution in [-0.4, -0.2) is 39.4 Å². The van der Waals surface area contributed by atoms with Crippen molar-refractivity contribution in [1.29, 1.82) is 0 Å². The van der Waals surface area contributed by atoms with Gasteiger partial charge in [0.1, 0.15) is 17.7 Å². The normalized spacial score (nSPS) is 16.6. The van der Waals surface area contributed by atoms with Gasteiger partial charge in [-0.25, -0.2) is 9.37 Å². The predicted octanol–water partition coefficient (Wildman–Crippen LogP) is 5.19. The largest absolute Gasteiger partial charge is 0.370 e. The van der Waals surface area contributed by atoms with Crippen molar-refractivity contribution in [3.05, 3.63) is 70.9 Å². The zero-order chi connectivity index (χ0) is 22.2. The number of hydrogen-bond donors (Lipinski definition) is 0. The van der Waals surface area contributed by atoms with Crippen LogP contribution in [0, 0.1) is 12.7 Å². The number of morpholine rings is 1. The maximum atomic E-state index is 14.8. The van der Waals surface area contributed by atoms with Crippen LogP contribution in [0.2, 0.25) is 5.02 Å². The molecule has 1 fully saturated rings. The van der Waals surface area contributed by atoms with Crippen molar-refractivity contribution in [2.45, 2.75) is 26.5 Å². The molecule has 0 radical (unpaired) electrons. The first-order valence-electron chi connectivity index (χ1n) is 10.6. The first kappa shape index (κ1) is 20.8. The molecule has 8 heteroatoms. The van der Waals surface area contributed by atoms with Gasteiger partial charge in [0.05, 0.1) is 24.0 Å². The molecule has 1 aliphatic heterocycles. The zero-order valence-electron chi connectivity index (χ0n) is 17.9. The molecule has 3 aromatic heterocycles. The van der Waals surface area contributed by atoms with E-state index in [0.717, 1.165) is 34.5 Å². The summed E-state index contributed by atoms with van der Waals surface area (Å²) < 4.78 is 22.8. The summed E-state index contributed by atoms with van der Waals surface area (Å²) in [6.07, 6.45) is 3.76. The highest BCUT2D eigenvalue weighted by Gasteiger charge is 2.25. The van der Waals surface area contributed by atoms with Crippen LogP contribution >= 0.6 is 11.6 Å². The van der Waals surface area contributed by atoms with Crippen LogP contribution in [0.25, 0.3) is 22.2 Å². The first-order chi connectivity index (χ1) is 15.5. The predicted molar refractivity (Wildman–Crippen MR) is 123 cm³/mol. The highest BCUT2D eigenvalue weighted by molar-refractivity contribution is 6.30. The van der Waals surface area contributed by atoms with E-state index in [4.69, 9.17) is 26.3 Å². The summed E-state index contributed by atoms with van der Waals surface area (Å²) in [5.74, 6) is 0.340. The molecule has 0 saturated carbocycles. The molecule has 1 atom stereocenters. The molecule has 4 heterocycles. The minimum Gasteiger partial charge on any atom is -0.370 e. The molecule has 6 nitrogen and oxygen atoms in total. The van der Waals surface area contributed by atoms with E-state index in [1.807, 2.05) is 42.2 Å². The maximum absolute atomic E-state index is 14.8. The number of benzene rings is 1. The number of rotatable bonds is 4. The smallest absolute Gasteiger partial charge is 0.134 e. The van der Waals surface area contributed by atoms with Gasteiger partial charge < -0.3 is 9.64 Å². The fourth-order valence-corrected chi connectivity index (χ4v) is 4.20. The van der Waals surface area contributed by atoms with Gasteiger partial charge in [0.15, 0.2) is 0 Å². The van der Waals surface area contributed by atoms with E-state index in [1.54, 1.807) is 12.1 Å². The van der Waals surface area contributed by atoms with Crippen molar-refractivity contribution in [2.75, 3.05) is 24.6 Å². The summed E-state index contributed by atoms with van der Waals surface area (Å²) in [7, 11) is 0. The Hall–Kier alpha value is -3.03. The summed E-state index contributed by atoms with van der Waals surface area (Å²) in [4.78, 5) is 11.8. The van der Waals surface area contributed by atoms with Crippen molar-refractivity contribution in [3.8, 4) is 11.3 Å². The Kier molecular flexibility index (Phi) is 5.53. The quantitative estimate of drug-likeness (QED) is 0.427. The third-order valence-corrected chi connectivity index (χ3v) is 5.97. The van der Waals surface area contributed by atoms with Gasteiger partial charge in [-0.15, -0.1) is 0 Å². The average Bonchev–Trinajstić information content (AvgIpc) is 3.28. The second kappa shape index (κ2) is 8.48. The standard InChI is InChI=1S/C24H23ClFN5O/c1-3-31-13-16(12-27-31)22-14-30(8-9-32-22)23-11-21-19(6-4-15(2)28-21)24(29-23)18-7-5-17(25)10-20(18)26/h4-7,10-13,22H,3,8-9,14H2,1-2H3/t22-/m0/s1. The van der Waals surface area contributed by atoms with E-state index >= 15 is 0 Å². The van der Waals surface area contributed by atoms with E-state index in [9.17, 15) is 4.39 Å². The van der Waals surface area contributed by atoms with Crippen molar-refractivity contribution < 1.29 is 9.13 Å². The molecule has 0 aliphatic carbocycles. The van der Waals surface area contributed by atoms with Crippen LogP contribution in [0.3, 0.4) is 0 Å². The number of hydrogen-bond acceptors (Lipinski definition) is 5. The average molecular weight is 452 g/mol. The molecule has 1 aliphatic rings. The van der Waals surface area contributed by atoms with Gasteiger partial charge >= 0.3 is 0 Å². The van der Waals surface area contributed by atoms with Crippen molar-refractivity contribution >= 4 is 28.3 Å². The highest BCUT2D eigenvalue weighted by atomic mass is 35.5. The van der Waals surface area contributed by atoms with Crippen molar-refractivity contribution in [2.24, 2.45) is 0 Å². The molecule has 164 valence electrons. The van der Waals surface area contributed by atoms with Crippen LogP contribution in [-0.2, 0) is 11.3 Å². The summed E-state index contributed by atoms with van der Waals surface area (Å²) in [6.45, 7) is 6.68. The lowest BCUT2D eigenvalue weighted by molar-refractivity contribution is 0.0395. The van der Waals surface area contributed by atoms with Crippen molar-refractivity contribution in [3.63, 3.8) is 0 Å². The summed E-state index contributed by atoms with van der Waals surface area (Å²) in [5, 5.41) is 5.52. The van der Waals surface area contributed by atoms with Gasteiger partial charge in [0.25, 0.3) is 0 Å². The lowest BCUT2D eigenvalue weighted by Gasteiger charge is -2.33. The van der Waals surface area contributed by atoms with E-state index < -0.39 is 5.82 Å². The van der Waals surface area contributed by atoms with Crippen LogP contribution in [0.15, 0.2) is 48.8 Å². The second-order valence-corrected chi connectivity index (χ2v) is 8.34. The summed E-state index contributed by atoms with van der Waals surface area (Å²) in [6, 6.07) is 10.5. The molecule has 0 spiro atoms. The Morgan fingerprint density at radius 3 is 2.84 bits per heavy atom. The number of fused-ring (bicyclic) bond motifs is 1. The molecule has 0 bridgehead atoms. The molecule has 0 amide bonds. The zero-order valence-corrected chi connectivity index (χ0v) is 18.7. The third-order valence-electron chi connectivity index (χ3n) is 5.74. The molecule has 4 aromatic rings. The van der Waals surface area contributed by atoms with Crippen molar-refractivity contribution in [1.82, 2.24) is 19.7 Å². The van der Waals surface area contributed by atoms with E-state index in [1.165, 1.54) is 6.07 Å². The maximum Gasteiger partial charge on any atom is 0.134 e. The monoisotopic (exact) mass is 451 g/mol. The molecule has 5 rings (SSSR count). The molecule has 0 unspecified atom stereocenters. The fourth-order valence-electron chi connectivity index (χ4n) is 4.04. The number of aromatic nitrogens is 4. The molecule has 1 aromatic carbocycles. The van der Waals surface area contributed by atoms with Gasteiger partial charge in [-0.05, 0) is 44.2 Å². The van der Waals surface area contributed by atoms with Crippen LogP contribution < -0.4 is 4.90 Å². The lowest BCUT2D eigenvalue weighted by Crippen LogP contribution is -2.38. The second-order valence-electron chi connectivity index (χ2n) is 7.91. The van der Waals surface area contributed by atoms with Crippen LogP contribution in [0.4, 0.5) is 10.2 Å². The van der Waals surface area contributed by atoms with E-state index in [0.29, 0.717) is 36.0 Å². The van der Waals surface area contributed by atoms with Gasteiger partial charge in [0.2, 0.25) is 0 Å².